The monoisotopic (exact) mass is 337 g/mol. The maximum absolute atomic E-state index is 11.9. The summed E-state index contributed by atoms with van der Waals surface area (Å²) in [5.41, 5.74) is 1.46. The van der Waals surface area contributed by atoms with Gasteiger partial charge in [0, 0.05) is 10.6 Å². The first-order chi connectivity index (χ1) is 11.6. The highest BCUT2D eigenvalue weighted by Crippen LogP contribution is 2.36. The van der Waals surface area contributed by atoms with Gasteiger partial charge in [-0.1, -0.05) is 60.6 Å². The van der Waals surface area contributed by atoms with Crippen molar-refractivity contribution < 1.29 is 9.90 Å². The Morgan fingerprint density at radius 1 is 1.08 bits per heavy atom. The third-order valence-electron chi connectivity index (χ3n) is 3.91. The zero-order valence-electron chi connectivity index (χ0n) is 12.9. The van der Waals surface area contributed by atoms with E-state index in [2.05, 4.69) is 11.9 Å². The summed E-state index contributed by atoms with van der Waals surface area (Å²) in [4.78, 5) is 11.9. The highest BCUT2D eigenvalue weighted by molar-refractivity contribution is 6.30. The maximum atomic E-state index is 11.9. The Kier molecular flexibility index (Phi) is 4.54. The van der Waals surface area contributed by atoms with Crippen LogP contribution in [-0.4, -0.2) is 11.0 Å². The molecule has 0 radical (unpaired) electrons. The van der Waals surface area contributed by atoms with Crippen LogP contribution in [0.25, 0.3) is 10.8 Å². The van der Waals surface area contributed by atoms with Gasteiger partial charge in [0.15, 0.2) is 0 Å². The molecule has 0 aliphatic heterocycles. The molecule has 1 amide bonds. The van der Waals surface area contributed by atoms with E-state index in [1.807, 2.05) is 42.5 Å². The van der Waals surface area contributed by atoms with Gasteiger partial charge in [-0.15, -0.1) is 0 Å². The van der Waals surface area contributed by atoms with Gasteiger partial charge in [-0.2, -0.15) is 0 Å². The third kappa shape index (κ3) is 3.12. The molecule has 3 aromatic rings. The van der Waals surface area contributed by atoms with Gasteiger partial charge >= 0.3 is 0 Å². The van der Waals surface area contributed by atoms with Crippen molar-refractivity contribution in [3.05, 3.63) is 89.5 Å². The fourth-order valence-electron chi connectivity index (χ4n) is 2.77. The number of fused-ring (bicyclic) bond motifs is 1. The van der Waals surface area contributed by atoms with Crippen LogP contribution in [0.4, 0.5) is 0 Å². The summed E-state index contributed by atoms with van der Waals surface area (Å²) in [6.07, 6.45) is 1.21. The second-order valence-corrected chi connectivity index (χ2v) is 5.85. The van der Waals surface area contributed by atoms with Crippen molar-refractivity contribution in [2.45, 2.75) is 6.04 Å². The smallest absolute Gasteiger partial charge is 0.244 e. The first kappa shape index (κ1) is 16.1. The first-order valence-corrected chi connectivity index (χ1v) is 7.87. The molecule has 0 aliphatic rings. The molecule has 0 bridgehead atoms. The minimum Gasteiger partial charge on any atom is -0.508 e. The van der Waals surface area contributed by atoms with E-state index < -0.39 is 6.04 Å². The van der Waals surface area contributed by atoms with Gasteiger partial charge in [0.25, 0.3) is 0 Å². The molecule has 0 saturated carbocycles. The molecule has 4 heteroatoms. The Balaban J connectivity index is 2.22. The summed E-state index contributed by atoms with van der Waals surface area (Å²) in [7, 11) is 0. The molecule has 3 nitrogen and oxygen atoms in total. The predicted octanol–water partition coefficient (Wildman–Crippen LogP) is 4.59. The van der Waals surface area contributed by atoms with Gasteiger partial charge in [0.2, 0.25) is 5.91 Å². The van der Waals surface area contributed by atoms with Crippen LogP contribution in [0.5, 0.6) is 5.75 Å². The van der Waals surface area contributed by atoms with Crippen LogP contribution in [0.3, 0.4) is 0 Å². The van der Waals surface area contributed by atoms with E-state index in [4.69, 9.17) is 11.6 Å². The lowest BCUT2D eigenvalue weighted by atomic mass is 9.92. The molecule has 1 unspecified atom stereocenters. The predicted molar refractivity (Wildman–Crippen MR) is 97.2 cm³/mol. The summed E-state index contributed by atoms with van der Waals surface area (Å²) in [6.45, 7) is 3.50. The molecule has 0 spiro atoms. The lowest BCUT2D eigenvalue weighted by molar-refractivity contribution is -0.116. The molecule has 0 heterocycles. The van der Waals surface area contributed by atoms with E-state index in [1.165, 1.54) is 6.08 Å². The SMILES string of the molecule is C=CC(=O)NC(c1ccc(Cl)cc1)c1c(O)ccc2ccccc12. The van der Waals surface area contributed by atoms with E-state index in [1.54, 1.807) is 18.2 Å². The average Bonchev–Trinajstić information content (AvgIpc) is 2.61. The van der Waals surface area contributed by atoms with Gasteiger partial charge in [-0.05, 0) is 40.6 Å². The van der Waals surface area contributed by atoms with Crippen molar-refractivity contribution in [1.29, 1.82) is 0 Å². The summed E-state index contributed by atoms with van der Waals surface area (Å²) in [5.74, 6) is -0.194. The largest absolute Gasteiger partial charge is 0.508 e. The van der Waals surface area contributed by atoms with Gasteiger partial charge in [-0.3, -0.25) is 4.79 Å². The van der Waals surface area contributed by atoms with Gasteiger partial charge in [0.1, 0.15) is 5.75 Å². The van der Waals surface area contributed by atoms with Crippen molar-refractivity contribution in [3.63, 3.8) is 0 Å². The van der Waals surface area contributed by atoms with E-state index in [0.29, 0.717) is 10.6 Å². The van der Waals surface area contributed by atoms with Crippen LogP contribution in [0.1, 0.15) is 17.2 Å². The van der Waals surface area contributed by atoms with E-state index >= 15 is 0 Å². The normalized spacial score (nSPS) is 11.9. The van der Waals surface area contributed by atoms with Crippen LogP contribution in [0.2, 0.25) is 5.02 Å². The number of carbonyl (C=O) groups excluding carboxylic acids is 1. The van der Waals surface area contributed by atoms with Crippen LogP contribution < -0.4 is 5.32 Å². The number of nitrogens with one attached hydrogen (secondary N) is 1. The number of hydrogen-bond donors (Lipinski definition) is 2. The average molecular weight is 338 g/mol. The lowest BCUT2D eigenvalue weighted by Crippen LogP contribution is -2.27. The van der Waals surface area contributed by atoms with Crippen LogP contribution in [0, 0.1) is 0 Å². The standard InChI is InChI=1S/C20H16ClNO2/c1-2-18(24)22-20(14-7-10-15(21)11-8-14)19-16-6-4-3-5-13(16)9-12-17(19)23/h2-12,20,23H,1H2,(H,22,24). The highest BCUT2D eigenvalue weighted by atomic mass is 35.5. The Hall–Kier alpha value is -2.78. The minimum atomic E-state index is -0.515. The second-order valence-electron chi connectivity index (χ2n) is 5.42. The zero-order valence-corrected chi connectivity index (χ0v) is 13.6. The molecule has 0 aliphatic carbocycles. The number of phenolic OH excluding ortho intramolecular Hbond substituents is 1. The van der Waals surface area contributed by atoms with Crippen molar-refractivity contribution in [2.24, 2.45) is 0 Å². The number of halogens is 1. The molecule has 24 heavy (non-hydrogen) atoms. The Morgan fingerprint density at radius 3 is 2.50 bits per heavy atom. The molecular weight excluding hydrogens is 322 g/mol. The lowest BCUT2D eigenvalue weighted by Gasteiger charge is -2.22. The van der Waals surface area contributed by atoms with Crippen molar-refractivity contribution in [1.82, 2.24) is 5.32 Å². The Bertz CT molecular complexity index is 903. The number of aromatic hydroxyl groups is 1. The summed E-state index contributed by atoms with van der Waals surface area (Å²) >= 11 is 5.97. The summed E-state index contributed by atoms with van der Waals surface area (Å²) < 4.78 is 0. The van der Waals surface area contributed by atoms with Crippen LogP contribution in [-0.2, 0) is 4.79 Å². The van der Waals surface area contributed by atoms with Gasteiger partial charge < -0.3 is 10.4 Å². The zero-order chi connectivity index (χ0) is 17.1. The quantitative estimate of drug-likeness (QED) is 0.684. The fraction of sp³-hybridized carbons (Fsp3) is 0.0500. The van der Waals surface area contributed by atoms with Crippen molar-refractivity contribution in [3.8, 4) is 5.75 Å². The Labute approximate surface area is 145 Å². The summed E-state index contributed by atoms with van der Waals surface area (Å²) in [6, 6.07) is 17.9. The molecule has 2 N–H and O–H groups in total. The first-order valence-electron chi connectivity index (χ1n) is 7.49. The van der Waals surface area contributed by atoms with Gasteiger partial charge in [-0.25, -0.2) is 0 Å². The molecule has 3 rings (SSSR count). The molecule has 1 atom stereocenters. The fourth-order valence-corrected chi connectivity index (χ4v) is 2.89. The topological polar surface area (TPSA) is 49.3 Å². The third-order valence-corrected chi connectivity index (χ3v) is 4.16. The number of rotatable bonds is 4. The Morgan fingerprint density at radius 2 is 1.79 bits per heavy atom. The van der Waals surface area contributed by atoms with Crippen LogP contribution >= 0.6 is 11.6 Å². The van der Waals surface area contributed by atoms with Crippen molar-refractivity contribution in [2.75, 3.05) is 0 Å². The van der Waals surface area contributed by atoms with Crippen molar-refractivity contribution >= 4 is 28.3 Å². The molecule has 3 aromatic carbocycles. The second kappa shape index (κ2) is 6.77. The molecular formula is C20H16ClNO2. The number of carbonyl (C=O) groups is 1. The van der Waals surface area contributed by atoms with E-state index in [-0.39, 0.29) is 11.7 Å². The number of hydrogen-bond acceptors (Lipinski definition) is 2. The van der Waals surface area contributed by atoms with Crippen LogP contribution in [0.15, 0.2) is 73.3 Å². The number of amides is 1. The van der Waals surface area contributed by atoms with E-state index in [0.717, 1.165) is 16.3 Å². The maximum Gasteiger partial charge on any atom is 0.244 e. The summed E-state index contributed by atoms with van der Waals surface area (Å²) in [5, 5.41) is 15.8. The molecule has 0 saturated heterocycles. The highest BCUT2D eigenvalue weighted by Gasteiger charge is 2.21. The van der Waals surface area contributed by atoms with E-state index in [9.17, 15) is 9.90 Å². The number of phenols is 1. The van der Waals surface area contributed by atoms with Gasteiger partial charge in [0.05, 0.1) is 6.04 Å². The number of benzene rings is 3. The molecule has 0 fully saturated rings. The molecule has 0 aromatic heterocycles. The molecule has 120 valence electrons. The minimum absolute atomic E-state index is 0.123.